The monoisotopic (exact) mass is 237 g/mol. The predicted molar refractivity (Wildman–Crippen MR) is 72.9 cm³/mol. The second-order valence-electron chi connectivity index (χ2n) is 6.04. The van der Waals surface area contributed by atoms with Crippen LogP contribution in [0.15, 0.2) is 12.2 Å². The molecule has 3 heteroatoms. The molecule has 2 aliphatic rings. The van der Waals surface area contributed by atoms with Crippen LogP contribution in [0.4, 0.5) is 0 Å². The molecule has 2 atom stereocenters. The highest BCUT2D eigenvalue weighted by Gasteiger charge is 2.22. The lowest BCUT2D eigenvalue weighted by molar-refractivity contribution is 0.114. The zero-order valence-electron chi connectivity index (χ0n) is 11.3. The Morgan fingerprint density at radius 1 is 1.12 bits per heavy atom. The summed E-state index contributed by atoms with van der Waals surface area (Å²) in [5.41, 5.74) is 5.89. The van der Waals surface area contributed by atoms with Crippen LogP contribution in [0.1, 0.15) is 20.3 Å². The highest BCUT2D eigenvalue weighted by molar-refractivity contribution is 5.05. The van der Waals surface area contributed by atoms with E-state index in [9.17, 15) is 0 Å². The average Bonchev–Trinajstić information content (AvgIpc) is 2.66. The van der Waals surface area contributed by atoms with E-state index >= 15 is 0 Å². The molecule has 0 radical (unpaired) electrons. The van der Waals surface area contributed by atoms with Crippen molar-refractivity contribution in [3.05, 3.63) is 12.2 Å². The van der Waals surface area contributed by atoms with Gasteiger partial charge >= 0.3 is 0 Å². The second-order valence-corrected chi connectivity index (χ2v) is 6.04. The Labute approximate surface area is 106 Å². The minimum absolute atomic E-state index is 0.308. The summed E-state index contributed by atoms with van der Waals surface area (Å²) in [5, 5.41) is 0. The molecule has 3 nitrogen and oxygen atoms in total. The summed E-state index contributed by atoms with van der Waals surface area (Å²) < 4.78 is 0. The van der Waals surface area contributed by atoms with Crippen molar-refractivity contribution < 1.29 is 0 Å². The van der Waals surface area contributed by atoms with Gasteiger partial charge < -0.3 is 15.5 Å². The van der Waals surface area contributed by atoms with Crippen LogP contribution in [0.5, 0.6) is 0 Å². The summed E-state index contributed by atoms with van der Waals surface area (Å²) in [4.78, 5) is 5.20. The van der Waals surface area contributed by atoms with E-state index in [-0.39, 0.29) is 0 Å². The van der Waals surface area contributed by atoms with Crippen LogP contribution in [0.2, 0.25) is 0 Å². The molecule has 98 valence electrons. The molecule has 0 aromatic carbocycles. The third-order valence-corrected chi connectivity index (χ3v) is 3.79. The molecule has 1 heterocycles. The van der Waals surface area contributed by atoms with Gasteiger partial charge in [-0.25, -0.2) is 0 Å². The maximum atomic E-state index is 5.89. The first-order chi connectivity index (χ1) is 8.13. The Balaban J connectivity index is 1.67. The van der Waals surface area contributed by atoms with E-state index < -0.39 is 0 Å². The second kappa shape index (κ2) is 5.98. The largest absolute Gasteiger partial charge is 0.324 e. The first-order valence-electron chi connectivity index (χ1n) is 7.02. The smallest absolute Gasteiger partial charge is 0.0229 e. The summed E-state index contributed by atoms with van der Waals surface area (Å²) >= 11 is 0. The molecular formula is C14H27N3. The highest BCUT2D eigenvalue weighted by atomic mass is 15.3. The molecule has 1 saturated heterocycles. The van der Waals surface area contributed by atoms with Gasteiger partial charge in [-0.3, -0.25) is 0 Å². The topological polar surface area (TPSA) is 32.5 Å². The van der Waals surface area contributed by atoms with E-state index in [1.165, 1.54) is 39.3 Å². The van der Waals surface area contributed by atoms with Crippen LogP contribution < -0.4 is 5.73 Å². The van der Waals surface area contributed by atoms with Gasteiger partial charge in [0.25, 0.3) is 0 Å². The predicted octanol–water partition coefficient (Wildman–Crippen LogP) is 1.16. The lowest BCUT2D eigenvalue weighted by Gasteiger charge is -2.36. The maximum Gasteiger partial charge on any atom is 0.0229 e. The number of rotatable bonds is 4. The van der Waals surface area contributed by atoms with Gasteiger partial charge in [-0.2, -0.15) is 0 Å². The van der Waals surface area contributed by atoms with Crippen LogP contribution in [-0.4, -0.2) is 55.1 Å². The molecule has 2 N–H and O–H groups in total. The Morgan fingerprint density at radius 3 is 2.29 bits per heavy atom. The summed E-state index contributed by atoms with van der Waals surface area (Å²) in [5.74, 6) is 1.49. The van der Waals surface area contributed by atoms with Crippen molar-refractivity contribution in [3.63, 3.8) is 0 Å². The molecule has 0 saturated carbocycles. The van der Waals surface area contributed by atoms with Crippen LogP contribution in [-0.2, 0) is 0 Å². The van der Waals surface area contributed by atoms with Crippen LogP contribution in [0.3, 0.4) is 0 Å². The molecule has 0 aromatic heterocycles. The van der Waals surface area contributed by atoms with Gasteiger partial charge in [-0.1, -0.05) is 26.0 Å². The fourth-order valence-electron chi connectivity index (χ4n) is 2.94. The molecule has 0 spiro atoms. The van der Waals surface area contributed by atoms with E-state index in [1.54, 1.807) is 0 Å². The molecule has 1 fully saturated rings. The van der Waals surface area contributed by atoms with E-state index in [0.29, 0.717) is 12.0 Å². The van der Waals surface area contributed by atoms with Crippen molar-refractivity contribution in [1.82, 2.24) is 9.80 Å². The lowest BCUT2D eigenvalue weighted by Crippen LogP contribution is -2.48. The SMILES string of the molecule is CC(C)CN1CCN(CC2C=CC(N)C2)CC1. The van der Waals surface area contributed by atoms with Crippen molar-refractivity contribution in [3.8, 4) is 0 Å². The fourth-order valence-corrected chi connectivity index (χ4v) is 2.94. The third-order valence-electron chi connectivity index (χ3n) is 3.79. The van der Waals surface area contributed by atoms with Crippen LogP contribution in [0.25, 0.3) is 0 Å². The van der Waals surface area contributed by atoms with Gasteiger partial charge in [0.15, 0.2) is 0 Å². The summed E-state index contributed by atoms with van der Waals surface area (Å²) in [6, 6.07) is 0.308. The molecule has 2 unspecified atom stereocenters. The van der Waals surface area contributed by atoms with E-state index in [4.69, 9.17) is 5.73 Å². The Bertz CT molecular complexity index is 254. The van der Waals surface area contributed by atoms with E-state index in [1.807, 2.05) is 0 Å². The lowest BCUT2D eigenvalue weighted by atomic mass is 10.1. The third kappa shape index (κ3) is 4.09. The van der Waals surface area contributed by atoms with Crippen molar-refractivity contribution in [2.45, 2.75) is 26.3 Å². The fraction of sp³-hybridized carbons (Fsp3) is 0.857. The maximum absolute atomic E-state index is 5.89. The van der Waals surface area contributed by atoms with Crippen molar-refractivity contribution >= 4 is 0 Å². The minimum Gasteiger partial charge on any atom is -0.324 e. The number of nitrogens with zero attached hydrogens (tertiary/aromatic N) is 2. The van der Waals surface area contributed by atoms with Gasteiger partial charge in [0, 0.05) is 45.3 Å². The number of piperazine rings is 1. The highest BCUT2D eigenvalue weighted by Crippen LogP contribution is 2.18. The summed E-state index contributed by atoms with van der Waals surface area (Å²) in [6.45, 7) is 12.0. The van der Waals surface area contributed by atoms with Crippen molar-refractivity contribution in [2.75, 3.05) is 39.3 Å². The van der Waals surface area contributed by atoms with Crippen molar-refractivity contribution in [2.24, 2.45) is 17.6 Å². The molecule has 1 aliphatic heterocycles. The molecule has 2 rings (SSSR count). The Kier molecular flexibility index (Phi) is 4.60. The summed E-state index contributed by atoms with van der Waals surface area (Å²) in [6.07, 6.45) is 5.62. The van der Waals surface area contributed by atoms with Crippen LogP contribution in [0, 0.1) is 11.8 Å². The Hall–Kier alpha value is -0.380. The van der Waals surface area contributed by atoms with Crippen molar-refractivity contribution in [1.29, 1.82) is 0 Å². The van der Waals surface area contributed by atoms with Gasteiger partial charge in [0.05, 0.1) is 0 Å². The Morgan fingerprint density at radius 2 is 1.76 bits per heavy atom. The minimum atomic E-state index is 0.308. The summed E-state index contributed by atoms with van der Waals surface area (Å²) in [7, 11) is 0. The quantitative estimate of drug-likeness (QED) is 0.745. The zero-order valence-corrected chi connectivity index (χ0v) is 11.3. The number of hydrogen-bond donors (Lipinski definition) is 1. The van der Waals surface area contributed by atoms with E-state index in [2.05, 4.69) is 35.8 Å². The zero-order chi connectivity index (χ0) is 12.3. The molecule has 17 heavy (non-hydrogen) atoms. The molecule has 0 bridgehead atoms. The first kappa shape index (κ1) is 13.1. The molecule has 1 aliphatic carbocycles. The van der Waals surface area contributed by atoms with Gasteiger partial charge in [-0.15, -0.1) is 0 Å². The van der Waals surface area contributed by atoms with Gasteiger partial charge in [-0.05, 0) is 18.3 Å². The van der Waals surface area contributed by atoms with Gasteiger partial charge in [0.1, 0.15) is 0 Å². The number of hydrogen-bond acceptors (Lipinski definition) is 3. The molecule has 0 amide bonds. The standard InChI is InChI=1S/C14H27N3/c1-12(2)10-16-5-7-17(8-6-16)11-13-3-4-14(15)9-13/h3-4,12-14H,5-11,15H2,1-2H3. The molecule has 0 aromatic rings. The van der Waals surface area contributed by atoms with Crippen LogP contribution >= 0.6 is 0 Å². The van der Waals surface area contributed by atoms with Gasteiger partial charge in [0.2, 0.25) is 0 Å². The first-order valence-corrected chi connectivity index (χ1v) is 7.02. The normalized spacial score (nSPS) is 31.5. The molecular weight excluding hydrogens is 210 g/mol. The van der Waals surface area contributed by atoms with E-state index in [0.717, 1.165) is 12.3 Å². The number of nitrogens with two attached hydrogens (primary N) is 1. The average molecular weight is 237 g/mol.